The van der Waals surface area contributed by atoms with Gasteiger partial charge in [-0.15, -0.1) is 0 Å². The Bertz CT molecular complexity index is 559. The van der Waals surface area contributed by atoms with E-state index in [4.69, 9.17) is 5.73 Å². The van der Waals surface area contributed by atoms with Crippen LogP contribution in [0.25, 0.3) is 0 Å². The lowest BCUT2D eigenvalue weighted by Crippen LogP contribution is -2.47. The number of carbonyl (C=O) groups is 2. The number of carbonyl (C=O) groups excluding carboxylic acids is 2. The molecule has 0 aliphatic carbocycles. The lowest BCUT2D eigenvalue weighted by Gasteiger charge is -2.19. The Hall–Kier alpha value is -1.57. The third kappa shape index (κ3) is 4.45. The highest BCUT2D eigenvalue weighted by Crippen LogP contribution is 2.31. The molecule has 1 aromatic carbocycles. The first-order chi connectivity index (χ1) is 9.54. The molecule has 3 N–H and O–H groups in total. The summed E-state index contributed by atoms with van der Waals surface area (Å²) in [5, 5.41) is 2.34. The van der Waals surface area contributed by atoms with Gasteiger partial charge in [0.1, 0.15) is 6.04 Å². The van der Waals surface area contributed by atoms with Gasteiger partial charge in [0.25, 0.3) is 5.91 Å². The number of hydrogen-bond acceptors (Lipinski definition) is 2. The molecule has 0 heterocycles. The maximum Gasteiger partial charge on any atom is 0.416 e. The average Bonchev–Trinajstić information content (AvgIpc) is 2.33. The van der Waals surface area contributed by atoms with Gasteiger partial charge in [0, 0.05) is 4.47 Å². The molecule has 0 radical (unpaired) electrons. The quantitative estimate of drug-likeness (QED) is 0.859. The maximum atomic E-state index is 12.7. The van der Waals surface area contributed by atoms with Gasteiger partial charge in [-0.3, -0.25) is 9.59 Å². The van der Waals surface area contributed by atoms with Crippen molar-refractivity contribution in [2.24, 2.45) is 11.7 Å². The summed E-state index contributed by atoms with van der Waals surface area (Å²) in [4.78, 5) is 23.3. The molecule has 0 saturated carbocycles. The van der Waals surface area contributed by atoms with E-state index in [1.807, 2.05) is 0 Å². The van der Waals surface area contributed by atoms with Crippen molar-refractivity contribution in [1.82, 2.24) is 5.32 Å². The molecule has 1 aromatic rings. The Morgan fingerprint density at radius 2 is 1.86 bits per heavy atom. The second-order valence-corrected chi connectivity index (χ2v) is 5.64. The summed E-state index contributed by atoms with van der Waals surface area (Å²) in [5.74, 6) is -1.83. The van der Waals surface area contributed by atoms with Gasteiger partial charge >= 0.3 is 6.18 Å². The normalized spacial score (nSPS) is 13.1. The summed E-state index contributed by atoms with van der Waals surface area (Å²) in [5.41, 5.74) is 4.00. The van der Waals surface area contributed by atoms with E-state index in [1.54, 1.807) is 13.8 Å². The molecule has 0 aromatic heterocycles. The van der Waals surface area contributed by atoms with E-state index < -0.39 is 29.6 Å². The Kier molecular flexibility index (Phi) is 5.38. The van der Waals surface area contributed by atoms with Crippen molar-refractivity contribution < 1.29 is 22.8 Å². The molecule has 0 saturated heterocycles. The van der Waals surface area contributed by atoms with E-state index in [-0.39, 0.29) is 16.0 Å². The molecule has 0 fully saturated rings. The first-order valence-corrected chi connectivity index (χ1v) is 6.80. The van der Waals surface area contributed by atoms with E-state index in [0.29, 0.717) is 0 Å². The van der Waals surface area contributed by atoms with Gasteiger partial charge in [-0.1, -0.05) is 13.8 Å². The molecule has 0 bridgehead atoms. The van der Waals surface area contributed by atoms with Gasteiger partial charge < -0.3 is 11.1 Å². The van der Waals surface area contributed by atoms with Gasteiger partial charge in [-0.2, -0.15) is 13.2 Å². The van der Waals surface area contributed by atoms with E-state index >= 15 is 0 Å². The van der Waals surface area contributed by atoms with Crippen LogP contribution in [-0.4, -0.2) is 17.9 Å². The van der Waals surface area contributed by atoms with Crippen LogP contribution in [0.4, 0.5) is 13.2 Å². The van der Waals surface area contributed by atoms with Crippen molar-refractivity contribution in [1.29, 1.82) is 0 Å². The maximum absolute atomic E-state index is 12.7. The molecular formula is C13H14BrF3N2O2. The van der Waals surface area contributed by atoms with Crippen LogP contribution in [-0.2, 0) is 11.0 Å². The Morgan fingerprint density at radius 1 is 1.29 bits per heavy atom. The first-order valence-electron chi connectivity index (χ1n) is 6.01. The minimum Gasteiger partial charge on any atom is -0.368 e. The number of rotatable bonds is 4. The van der Waals surface area contributed by atoms with Crippen LogP contribution in [0.5, 0.6) is 0 Å². The molecule has 1 atom stereocenters. The summed E-state index contributed by atoms with van der Waals surface area (Å²) in [6.07, 6.45) is -4.56. The Labute approximate surface area is 128 Å². The van der Waals surface area contributed by atoms with Crippen LogP contribution in [0.3, 0.4) is 0 Å². The Morgan fingerprint density at radius 3 is 2.29 bits per heavy atom. The molecule has 0 spiro atoms. The zero-order valence-electron chi connectivity index (χ0n) is 11.3. The van der Waals surface area contributed by atoms with Gasteiger partial charge in [-0.05, 0) is 40.0 Å². The van der Waals surface area contributed by atoms with Crippen LogP contribution in [0.1, 0.15) is 29.8 Å². The smallest absolute Gasteiger partial charge is 0.368 e. The van der Waals surface area contributed by atoms with Crippen molar-refractivity contribution in [2.75, 3.05) is 0 Å². The molecule has 0 aliphatic heterocycles. The van der Waals surface area contributed by atoms with Gasteiger partial charge in [0.15, 0.2) is 0 Å². The molecule has 116 valence electrons. The van der Waals surface area contributed by atoms with Crippen molar-refractivity contribution in [3.05, 3.63) is 33.8 Å². The molecule has 21 heavy (non-hydrogen) atoms. The second-order valence-electron chi connectivity index (χ2n) is 4.79. The van der Waals surface area contributed by atoms with E-state index in [0.717, 1.165) is 18.2 Å². The molecule has 4 nitrogen and oxygen atoms in total. The number of hydrogen-bond donors (Lipinski definition) is 2. The highest BCUT2D eigenvalue weighted by molar-refractivity contribution is 9.10. The number of nitrogens with one attached hydrogen (secondary N) is 1. The van der Waals surface area contributed by atoms with Gasteiger partial charge in [0.05, 0.1) is 11.1 Å². The number of benzene rings is 1. The van der Waals surface area contributed by atoms with E-state index in [1.165, 1.54) is 0 Å². The Balaban J connectivity index is 3.10. The lowest BCUT2D eigenvalue weighted by molar-refractivity contribution is -0.137. The molecule has 1 unspecified atom stereocenters. The highest BCUT2D eigenvalue weighted by Gasteiger charge is 2.32. The SMILES string of the molecule is CC(C)C(NC(=O)c1cc(C(F)(F)F)ccc1Br)C(N)=O. The number of alkyl halides is 3. The van der Waals surface area contributed by atoms with Gasteiger partial charge in [0.2, 0.25) is 5.91 Å². The van der Waals surface area contributed by atoms with Crippen LogP contribution in [0, 0.1) is 5.92 Å². The van der Waals surface area contributed by atoms with Crippen LogP contribution >= 0.6 is 15.9 Å². The van der Waals surface area contributed by atoms with Gasteiger partial charge in [-0.25, -0.2) is 0 Å². The minimum atomic E-state index is -4.56. The fourth-order valence-electron chi connectivity index (χ4n) is 1.66. The highest BCUT2D eigenvalue weighted by atomic mass is 79.9. The van der Waals surface area contributed by atoms with E-state index in [2.05, 4.69) is 21.2 Å². The van der Waals surface area contributed by atoms with Crippen molar-refractivity contribution in [3.63, 3.8) is 0 Å². The third-order valence-corrected chi connectivity index (χ3v) is 3.49. The molecule has 0 aliphatic rings. The zero-order chi connectivity index (χ0) is 16.4. The average molecular weight is 367 g/mol. The molecule has 2 amide bonds. The van der Waals surface area contributed by atoms with Crippen LogP contribution in [0.2, 0.25) is 0 Å². The number of primary amides is 1. The van der Waals surface area contributed by atoms with E-state index in [9.17, 15) is 22.8 Å². The second kappa shape index (κ2) is 6.46. The molecular weight excluding hydrogens is 353 g/mol. The number of amides is 2. The predicted molar refractivity (Wildman–Crippen MR) is 74.4 cm³/mol. The number of halogens is 4. The summed E-state index contributed by atoms with van der Waals surface area (Å²) in [6, 6.07) is 1.75. The van der Waals surface area contributed by atoms with Crippen LogP contribution < -0.4 is 11.1 Å². The third-order valence-electron chi connectivity index (χ3n) is 2.80. The number of nitrogens with two attached hydrogens (primary N) is 1. The first kappa shape index (κ1) is 17.5. The largest absolute Gasteiger partial charge is 0.416 e. The fraction of sp³-hybridized carbons (Fsp3) is 0.385. The van der Waals surface area contributed by atoms with Crippen molar-refractivity contribution >= 4 is 27.7 Å². The monoisotopic (exact) mass is 366 g/mol. The standard InChI is InChI=1S/C13H14BrF3N2O2/c1-6(2)10(11(18)20)19-12(21)8-5-7(13(15,16)17)3-4-9(8)14/h3-6,10H,1-2H3,(H2,18,20)(H,19,21). The molecule has 8 heteroatoms. The predicted octanol–water partition coefficient (Wildman–Crippen LogP) is 2.71. The zero-order valence-corrected chi connectivity index (χ0v) is 12.9. The lowest BCUT2D eigenvalue weighted by atomic mass is 10.0. The summed E-state index contributed by atoms with van der Waals surface area (Å²) >= 11 is 3.02. The van der Waals surface area contributed by atoms with Crippen molar-refractivity contribution in [2.45, 2.75) is 26.1 Å². The topological polar surface area (TPSA) is 72.2 Å². The fourth-order valence-corrected chi connectivity index (χ4v) is 2.09. The summed E-state index contributed by atoms with van der Waals surface area (Å²) in [6.45, 7) is 3.33. The van der Waals surface area contributed by atoms with Crippen LogP contribution in [0.15, 0.2) is 22.7 Å². The van der Waals surface area contributed by atoms with Crippen molar-refractivity contribution in [3.8, 4) is 0 Å². The summed E-state index contributed by atoms with van der Waals surface area (Å²) in [7, 11) is 0. The summed E-state index contributed by atoms with van der Waals surface area (Å²) < 4.78 is 38.2. The minimum absolute atomic E-state index is 0.194. The molecule has 1 rings (SSSR count).